The Labute approximate surface area is 49.1 Å². The van der Waals surface area contributed by atoms with Crippen LogP contribution in [-0.4, -0.2) is 12.4 Å². The molecule has 0 aliphatic rings. The first-order valence-corrected chi connectivity index (χ1v) is 2.53. The third-order valence-electron chi connectivity index (χ3n) is 0.621. The van der Waals surface area contributed by atoms with E-state index >= 15 is 0 Å². The average Bonchev–Trinajstić information content (AvgIpc) is 1.83. The Balaban J connectivity index is 3.23. The van der Waals surface area contributed by atoms with Gasteiger partial charge in [-0.15, -0.1) is 0 Å². The van der Waals surface area contributed by atoms with Crippen molar-refractivity contribution in [2.24, 2.45) is 0 Å². The lowest BCUT2D eigenvalue weighted by Crippen LogP contribution is -2.03. The first-order chi connectivity index (χ1) is 3.81. The molecule has 0 saturated carbocycles. The summed E-state index contributed by atoms with van der Waals surface area (Å²) in [7, 11) is 0. The first kappa shape index (κ1) is 7.21. The molecule has 0 aliphatic heterocycles. The molecular formula is C6H10O2. The number of carbonyl (C=O) groups excluding carboxylic acids is 1. The predicted octanol–water partition coefficient (Wildman–Crippen LogP) is 1.12. The van der Waals surface area contributed by atoms with Crippen LogP contribution in [0.5, 0.6) is 0 Å². The lowest BCUT2D eigenvalue weighted by Gasteiger charge is -1.99. The summed E-state index contributed by atoms with van der Waals surface area (Å²) in [5.74, 6) is 0. The molecule has 0 heterocycles. The molecule has 46 valence electrons. The van der Waals surface area contributed by atoms with Crippen LogP contribution in [0.2, 0.25) is 0 Å². The maximum absolute atomic E-state index is 9.85. The van der Waals surface area contributed by atoms with Crippen LogP contribution in [0, 0.1) is 0 Å². The molecule has 1 unspecified atom stereocenters. The minimum absolute atomic E-state index is 0.314. The number of hydrogen-bond donors (Lipinski definition) is 0. The van der Waals surface area contributed by atoms with Crippen molar-refractivity contribution in [3.8, 4) is 0 Å². The van der Waals surface area contributed by atoms with Crippen molar-refractivity contribution in [1.29, 1.82) is 0 Å². The SMILES string of the molecule is CC=COC(C)C=O. The molecule has 0 saturated heterocycles. The van der Waals surface area contributed by atoms with Crippen LogP contribution in [0.4, 0.5) is 0 Å². The van der Waals surface area contributed by atoms with Crippen molar-refractivity contribution in [2.75, 3.05) is 0 Å². The average molecular weight is 114 g/mol. The second-order valence-electron chi connectivity index (χ2n) is 1.45. The number of carbonyl (C=O) groups is 1. The fourth-order valence-electron chi connectivity index (χ4n) is 0.235. The van der Waals surface area contributed by atoms with Crippen molar-refractivity contribution < 1.29 is 9.53 Å². The summed E-state index contributed by atoms with van der Waals surface area (Å²) < 4.78 is 4.79. The Bertz CT molecular complexity index is 86.5. The molecule has 0 aromatic carbocycles. The monoisotopic (exact) mass is 114 g/mol. The van der Waals surface area contributed by atoms with Gasteiger partial charge < -0.3 is 4.74 Å². The minimum atomic E-state index is -0.314. The molecule has 8 heavy (non-hydrogen) atoms. The summed E-state index contributed by atoms with van der Waals surface area (Å²) in [5.41, 5.74) is 0. The molecule has 0 aliphatic carbocycles. The second-order valence-corrected chi connectivity index (χ2v) is 1.45. The molecule has 0 N–H and O–H groups in total. The van der Waals surface area contributed by atoms with Gasteiger partial charge in [-0.1, -0.05) is 6.08 Å². The molecule has 2 heteroatoms. The van der Waals surface area contributed by atoms with Gasteiger partial charge in [0.15, 0.2) is 6.29 Å². The van der Waals surface area contributed by atoms with Crippen molar-refractivity contribution in [3.05, 3.63) is 12.3 Å². The smallest absolute Gasteiger partial charge is 0.160 e. The third kappa shape index (κ3) is 3.40. The van der Waals surface area contributed by atoms with Crippen LogP contribution >= 0.6 is 0 Å². The molecule has 0 aromatic heterocycles. The zero-order chi connectivity index (χ0) is 6.41. The van der Waals surface area contributed by atoms with E-state index in [0.29, 0.717) is 0 Å². The van der Waals surface area contributed by atoms with Gasteiger partial charge in [-0.05, 0) is 13.8 Å². The zero-order valence-electron chi connectivity index (χ0n) is 5.13. The second kappa shape index (κ2) is 4.37. The van der Waals surface area contributed by atoms with Crippen molar-refractivity contribution in [3.63, 3.8) is 0 Å². The summed E-state index contributed by atoms with van der Waals surface area (Å²) >= 11 is 0. The van der Waals surface area contributed by atoms with E-state index in [1.54, 1.807) is 13.0 Å². The summed E-state index contributed by atoms with van der Waals surface area (Å²) in [4.78, 5) is 9.85. The zero-order valence-corrected chi connectivity index (χ0v) is 5.13. The topological polar surface area (TPSA) is 26.3 Å². The predicted molar refractivity (Wildman–Crippen MR) is 31.4 cm³/mol. The Kier molecular flexibility index (Phi) is 3.94. The molecule has 0 bridgehead atoms. The van der Waals surface area contributed by atoms with Crippen LogP contribution in [-0.2, 0) is 9.53 Å². The maximum Gasteiger partial charge on any atom is 0.160 e. The van der Waals surface area contributed by atoms with Gasteiger partial charge in [-0.3, -0.25) is 4.79 Å². The lowest BCUT2D eigenvalue weighted by molar-refractivity contribution is -0.114. The Morgan fingerprint density at radius 1 is 1.62 bits per heavy atom. The molecule has 0 spiro atoms. The summed E-state index contributed by atoms with van der Waals surface area (Å²) in [6, 6.07) is 0. The fraction of sp³-hybridized carbons (Fsp3) is 0.500. The van der Waals surface area contributed by atoms with E-state index in [-0.39, 0.29) is 6.10 Å². The summed E-state index contributed by atoms with van der Waals surface area (Å²) in [5, 5.41) is 0. The van der Waals surface area contributed by atoms with Crippen molar-refractivity contribution >= 4 is 6.29 Å². The first-order valence-electron chi connectivity index (χ1n) is 2.53. The van der Waals surface area contributed by atoms with Gasteiger partial charge in [0.1, 0.15) is 6.10 Å². The molecule has 1 atom stereocenters. The van der Waals surface area contributed by atoms with Crippen LogP contribution in [0.15, 0.2) is 12.3 Å². The van der Waals surface area contributed by atoms with Crippen molar-refractivity contribution in [1.82, 2.24) is 0 Å². The molecule has 0 fully saturated rings. The number of hydrogen-bond acceptors (Lipinski definition) is 2. The molecular weight excluding hydrogens is 104 g/mol. The van der Waals surface area contributed by atoms with Crippen LogP contribution in [0.25, 0.3) is 0 Å². The van der Waals surface area contributed by atoms with Gasteiger partial charge >= 0.3 is 0 Å². The van der Waals surface area contributed by atoms with Crippen LogP contribution < -0.4 is 0 Å². The van der Waals surface area contributed by atoms with Gasteiger partial charge in [0.2, 0.25) is 0 Å². The molecule has 0 amide bonds. The Morgan fingerprint density at radius 2 is 2.25 bits per heavy atom. The summed E-state index contributed by atoms with van der Waals surface area (Å²) in [6.07, 6.45) is 3.67. The molecule has 0 radical (unpaired) electrons. The number of aldehydes is 1. The van der Waals surface area contributed by atoms with E-state index in [9.17, 15) is 4.79 Å². The van der Waals surface area contributed by atoms with Gasteiger partial charge in [-0.2, -0.15) is 0 Å². The van der Waals surface area contributed by atoms with Crippen molar-refractivity contribution in [2.45, 2.75) is 20.0 Å². The molecule has 2 nitrogen and oxygen atoms in total. The summed E-state index contributed by atoms with van der Waals surface area (Å²) in [6.45, 7) is 3.52. The van der Waals surface area contributed by atoms with Gasteiger partial charge in [-0.25, -0.2) is 0 Å². The highest BCUT2D eigenvalue weighted by atomic mass is 16.5. The highest BCUT2D eigenvalue weighted by Gasteiger charge is 1.91. The third-order valence-corrected chi connectivity index (χ3v) is 0.621. The number of allylic oxidation sites excluding steroid dienone is 1. The quantitative estimate of drug-likeness (QED) is 0.406. The number of ether oxygens (including phenoxy) is 1. The van der Waals surface area contributed by atoms with E-state index in [1.807, 2.05) is 6.92 Å². The van der Waals surface area contributed by atoms with Gasteiger partial charge in [0.25, 0.3) is 0 Å². The van der Waals surface area contributed by atoms with E-state index in [4.69, 9.17) is 4.74 Å². The van der Waals surface area contributed by atoms with E-state index in [2.05, 4.69) is 0 Å². The van der Waals surface area contributed by atoms with E-state index in [1.165, 1.54) is 6.26 Å². The van der Waals surface area contributed by atoms with Gasteiger partial charge in [0.05, 0.1) is 6.26 Å². The highest BCUT2D eigenvalue weighted by Crippen LogP contribution is 1.84. The largest absolute Gasteiger partial charge is 0.491 e. The Morgan fingerprint density at radius 3 is 2.62 bits per heavy atom. The van der Waals surface area contributed by atoms with Gasteiger partial charge in [0, 0.05) is 0 Å². The standard InChI is InChI=1S/C6H10O2/c1-3-4-8-6(2)5-7/h3-6H,1-2H3. The maximum atomic E-state index is 9.85. The van der Waals surface area contributed by atoms with E-state index < -0.39 is 0 Å². The van der Waals surface area contributed by atoms with Crippen LogP contribution in [0.1, 0.15) is 13.8 Å². The fourth-order valence-corrected chi connectivity index (χ4v) is 0.235. The lowest BCUT2D eigenvalue weighted by atomic mass is 10.5. The normalized spacial score (nSPS) is 13.8. The van der Waals surface area contributed by atoms with E-state index in [0.717, 1.165) is 6.29 Å². The minimum Gasteiger partial charge on any atom is -0.491 e. The molecule has 0 aromatic rings. The Hall–Kier alpha value is -0.790. The highest BCUT2D eigenvalue weighted by molar-refractivity contribution is 5.55. The number of rotatable bonds is 3. The molecule has 0 rings (SSSR count). The van der Waals surface area contributed by atoms with Crippen LogP contribution in [0.3, 0.4) is 0 Å².